The van der Waals surface area contributed by atoms with Crippen molar-refractivity contribution in [1.29, 1.82) is 0 Å². The van der Waals surface area contributed by atoms with Crippen LogP contribution >= 0.6 is 0 Å². The van der Waals surface area contributed by atoms with Gasteiger partial charge in [-0.15, -0.1) is 0 Å². The molecule has 2 aromatic carbocycles. The van der Waals surface area contributed by atoms with Crippen molar-refractivity contribution in [3.63, 3.8) is 0 Å². The van der Waals surface area contributed by atoms with E-state index in [9.17, 15) is 9.59 Å². The van der Waals surface area contributed by atoms with Crippen LogP contribution in [0.2, 0.25) is 0 Å². The highest BCUT2D eigenvalue weighted by Gasteiger charge is 2.32. The molecule has 7 heteroatoms. The zero-order valence-electron chi connectivity index (χ0n) is 16.0. The first-order valence-electron chi connectivity index (χ1n) is 9.96. The molecule has 3 aliphatic rings. The lowest BCUT2D eigenvalue weighted by atomic mass is 10.0. The van der Waals surface area contributed by atoms with Gasteiger partial charge in [0.1, 0.15) is 5.75 Å². The van der Waals surface area contributed by atoms with Crippen LogP contribution in [-0.4, -0.2) is 43.1 Å². The van der Waals surface area contributed by atoms with Crippen LogP contribution in [0.5, 0.6) is 17.2 Å². The number of anilines is 1. The summed E-state index contributed by atoms with van der Waals surface area (Å²) in [6, 6.07) is 11.1. The van der Waals surface area contributed by atoms with E-state index >= 15 is 0 Å². The predicted octanol–water partition coefficient (Wildman–Crippen LogP) is 3.16. The molecule has 5 rings (SSSR count). The molecule has 1 saturated heterocycles. The molecule has 0 bridgehead atoms. The van der Waals surface area contributed by atoms with Gasteiger partial charge in [0.25, 0.3) is 11.8 Å². The highest BCUT2D eigenvalue weighted by Crippen LogP contribution is 2.39. The van der Waals surface area contributed by atoms with Gasteiger partial charge in [-0.3, -0.25) is 9.59 Å². The first-order chi connectivity index (χ1) is 14.2. The Kier molecular flexibility index (Phi) is 4.50. The van der Waals surface area contributed by atoms with E-state index < -0.39 is 0 Å². The maximum Gasteiger partial charge on any atom is 0.262 e. The van der Waals surface area contributed by atoms with Gasteiger partial charge in [0.05, 0.1) is 24.9 Å². The van der Waals surface area contributed by atoms with Gasteiger partial charge in [-0.25, -0.2) is 0 Å². The van der Waals surface area contributed by atoms with Crippen LogP contribution < -0.4 is 19.5 Å². The second kappa shape index (κ2) is 7.31. The fraction of sp³-hybridized carbons (Fsp3) is 0.364. The van der Waals surface area contributed by atoms with Crippen molar-refractivity contribution < 1.29 is 23.8 Å². The molecule has 7 nitrogen and oxygen atoms in total. The van der Waals surface area contributed by atoms with Crippen LogP contribution in [0.15, 0.2) is 36.4 Å². The Labute approximate surface area is 168 Å². The lowest BCUT2D eigenvalue weighted by Gasteiger charge is -2.26. The Morgan fingerprint density at radius 1 is 0.966 bits per heavy atom. The normalized spacial score (nSPS) is 20.3. The first kappa shape index (κ1) is 17.8. The number of hydrogen-bond donors (Lipinski definition) is 1. The van der Waals surface area contributed by atoms with Gasteiger partial charge in [0, 0.05) is 18.5 Å². The predicted molar refractivity (Wildman–Crippen MR) is 106 cm³/mol. The minimum absolute atomic E-state index is 0.00342. The van der Waals surface area contributed by atoms with Crippen LogP contribution in [0.3, 0.4) is 0 Å². The molecule has 1 atom stereocenters. The number of carbonyl (C=O) groups is 2. The molecule has 1 unspecified atom stereocenters. The number of carbonyl (C=O) groups excluding carboxylic acids is 2. The summed E-state index contributed by atoms with van der Waals surface area (Å²) in [6.07, 6.45) is 2.71. The van der Waals surface area contributed by atoms with Crippen LogP contribution in [0, 0.1) is 0 Å². The molecule has 3 heterocycles. The van der Waals surface area contributed by atoms with Gasteiger partial charge in [-0.2, -0.15) is 0 Å². The second-order valence-corrected chi connectivity index (χ2v) is 7.46. The van der Waals surface area contributed by atoms with Crippen LogP contribution in [-0.2, 0) is 4.79 Å². The number of likely N-dealkylation sites (tertiary alicyclic amines) is 1. The van der Waals surface area contributed by atoms with E-state index in [-0.39, 0.29) is 24.5 Å². The number of fused-ring (bicyclic) bond motifs is 2. The maximum atomic E-state index is 13.3. The third-order valence-corrected chi connectivity index (χ3v) is 5.53. The summed E-state index contributed by atoms with van der Waals surface area (Å²) < 4.78 is 17.0. The number of ether oxygens (including phenoxy) is 3. The third kappa shape index (κ3) is 3.37. The monoisotopic (exact) mass is 394 g/mol. The van der Waals surface area contributed by atoms with Crippen molar-refractivity contribution in [1.82, 2.24) is 4.90 Å². The highest BCUT2D eigenvalue weighted by atomic mass is 16.5. The average Bonchev–Trinajstić information content (AvgIpc) is 3.11. The molecule has 3 aliphatic heterocycles. The van der Waals surface area contributed by atoms with Crippen molar-refractivity contribution in [2.75, 3.05) is 31.7 Å². The van der Waals surface area contributed by atoms with E-state index in [1.165, 1.54) is 0 Å². The summed E-state index contributed by atoms with van der Waals surface area (Å²) in [5, 5.41) is 2.75. The quantitative estimate of drug-likeness (QED) is 0.847. The Hall–Kier alpha value is -3.22. The van der Waals surface area contributed by atoms with Crippen molar-refractivity contribution in [3.8, 4) is 17.2 Å². The fourth-order valence-corrected chi connectivity index (χ4v) is 4.12. The summed E-state index contributed by atoms with van der Waals surface area (Å²) >= 11 is 0. The van der Waals surface area contributed by atoms with E-state index in [0.717, 1.165) is 36.3 Å². The van der Waals surface area contributed by atoms with Crippen LogP contribution in [0.4, 0.5) is 5.69 Å². The molecular formula is C22H22N2O5. The Morgan fingerprint density at radius 3 is 2.72 bits per heavy atom. The lowest BCUT2D eigenvalue weighted by Crippen LogP contribution is -2.31. The molecule has 0 aromatic heterocycles. The molecule has 150 valence electrons. The van der Waals surface area contributed by atoms with E-state index in [1.807, 2.05) is 23.1 Å². The summed E-state index contributed by atoms with van der Waals surface area (Å²) in [5.41, 5.74) is 2.21. The number of nitrogens with one attached hydrogen (secondary N) is 1. The van der Waals surface area contributed by atoms with Gasteiger partial charge >= 0.3 is 0 Å². The van der Waals surface area contributed by atoms with E-state index in [1.54, 1.807) is 18.2 Å². The summed E-state index contributed by atoms with van der Waals surface area (Å²) in [4.78, 5) is 26.6. The number of nitrogens with zero attached hydrogens (tertiary/aromatic N) is 1. The summed E-state index contributed by atoms with van der Waals surface area (Å²) in [7, 11) is 0. The molecule has 0 radical (unpaired) electrons. The SMILES string of the molecule is O=C1COc2cc(C(=O)N3CCCC3c3ccc4c(c3)OCCCO4)ccc2N1. The zero-order valence-corrected chi connectivity index (χ0v) is 16.0. The first-order valence-corrected chi connectivity index (χ1v) is 9.96. The zero-order chi connectivity index (χ0) is 19.8. The molecule has 2 amide bonds. The number of rotatable bonds is 2. The number of amides is 2. The number of benzene rings is 2. The second-order valence-electron chi connectivity index (χ2n) is 7.46. The van der Waals surface area contributed by atoms with Crippen molar-refractivity contribution >= 4 is 17.5 Å². The molecule has 1 fully saturated rings. The van der Waals surface area contributed by atoms with E-state index in [2.05, 4.69) is 5.32 Å². The van der Waals surface area contributed by atoms with Gasteiger partial charge in [-0.1, -0.05) is 6.07 Å². The van der Waals surface area contributed by atoms with Crippen molar-refractivity contribution in [3.05, 3.63) is 47.5 Å². The average molecular weight is 394 g/mol. The summed E-state index contributed by atoms with van der Waals surface area (Å²) in [5.74, 6) is 1.81. The highest BCUT2D eigenvalue weighted by molar-refractivity contribution is 5.99. The summed E-state index contributed by atoms with van der Waals surface area (Å²) in [6.45, 7) is 1.96. The van der Waals surface area contributed by atoms with E-state index in [0.29, 0.717) is 36.8 Å². The third-order valence-electron chi connectivity index (χ3n) is 5.53. The van der Waals surface area contributed by atoms with Crippen LogP contribution in [0.1, 0.15) is 41.2 Å². The Balaban J connectivity index is 1.40. The minimum atomic E-state index is -0.189. The number of hydrogen-bond acceptors (Lipinski definition) is 5. The van der Waals surface area contributed by atoms with E-state index in [4.69, 9.17) is 14.2 Å². The molecule has 1 N–H and O–H groups in total. The molecule has 0 saturated carbocycles. The standard InChI is InChI=1S/C22H22N2O5/c25-21-13-29-19-12-15(4-6-16(19)23-21)22(26)24-8-1-3-17(24)14-5-7-18-20(11-14)28-10-2-9-27-18/h4-7,11-12,17H,1-3,8-10,13H2,(H,23,25). The molecule has 2 aromatic rings. The van der Waals surface area contributed by atoms with Crippen molar-refractivity contribution in [2.24, 2.45) is 0 Å². The van der Waals surface area contributed by atoms with Gasteiger partial charge in [-0.05, 0) is 48.7 Å². The lowest BCUT2D eigenvalue weighted by molar-refractivity contribution is -0.118. The van der Waals surface area contributed by atoms with Gasteiger partial charge in [0.2, 0.25) is 0 Å². The molecule has 0 aliphatic carbocycles. The largest absolute Gasteiger partial charge is 0.490 e. The maximum absolute atomic E-state index is 13.3. The van der Waals surface area contributed by atoms with Gasteiger partial charge < -0.3 is 24.4 Å². The molecule has 29 heavy (non-hydrogen) atoms. The Bertz CT molecular complexity index is 974. The van der Waals surface area contributed by atoms with Crippen molar-refractivity contribution in [2.45, 2.75) is 25.3 Å². The topological polar surface area (TPSA) is 77.1 Å². The molecular weight excluding hydrogens is 372 g/mol. The van der Waals surface area contributed by atoms with Crippen LogP contribution in [0.25, 0.3) is 0 Å². The smallest absolute Gasteiger partial charge is 0.262 e. The molecule has 0 spiro atoms. The minimum Gasteiger partial charge on any atom is -0.490 e. The fourth-order valence-electron chi connectivity index (χ4n) is 4.12. The van der Waals surface area contributed by atoms with Gasteiger partial charge in [0.15, 0.2) is 18.1 Å². The Morgan fingerprint density at radius 2 is 1.83 bits per heavy atom.